The molecule has 1 N–H and O–H groups in total. The number of carbonyl (C=O) groups excluding carboxylic acids is 1. The summed E-state index contributed by atoms with van der Waals surface area (Å²) in [7, 11) is 4.04. The number of aryl methyl sites for hydroxylation is 2. The van der Waals surface area contributed by atoms with Gasteiger partial charge in [0.1, 0.15) is 0 Å². The third-order valence-corrected chi connectivity index (χ3v) is 6.37. The van der Waals surface area contributed by atoms with Crippen LogP contribution in [-0.4, -0.2) is 59.0 Å². The highest BCUT2D eigenvalue weighted by Crippen LogP contribution is 2.29. The Hall–Kier alpha value is -2.84. The number of anilines is 1. The van der Waals surface area contributed by atoms with Gasteiger partial charge in [-0.25, -0.2) is 15.0 Å². The Balaban J connectivity index is 1.41. The summed E-state index contributed by atoms with van der Waals surface area (Å²) < 4.78 is 0. The zero-order valence-corrected chi connectivity index (χ0v) is 19.2. The van der Waals surface area contributed by atoms with Gasteiger partial charge in [-0.05, 0) is 58.1 Å². The van der Waals surface area contributed by atoms with Crippen molar-refractivity contribution in [1.29, 1.82) is 0 Å². The van der Waals surface area contributed by atoms with Crippen LogP contribution in [0.1, 0.15) is 33.0 Å². The van der Waals surface area contributed by atoms with Crippen LogP contribution in [0.4, 0.5) is 5.95 Å². The third-order valence-electron chi connectivity index (χ3n) is 5.27. The first-order valence-electron chi connectivity index (χ1n) is 10.5. The lowest BCUT2D eigenvalue weighted by Crippen LogP contribution is -2.37. The predicted molar refractivity (Wildman–Crippen MR) is 125 cm³/mol. The molecule has 162 valence electrons. The molecule has 2 aromatic heterocycles. The van der Waals surface area contributed by atoms with Gasteiger partial charge in [-0.2, -0.15) is 0 Å². The van der Waals surface area contributed by atoms with Gasteiger partial charge in [-0.15, -0.1) is 11.3 Å². The maximum atomic E-state index is 12.8. The smallest absolute Gasteiger partial charge is 0.251 e. The summed E-state index contributed by atoms with van der Waals surface area (Å²) in [5.41, 5.74) is 3.73. The fourth-order valence-electron chi connectivity index (χ4n) is 3.90. The molecule has 1 aliphatic heterocycles. The zero-order valence-electron chi connectivity index (χ0n) is 18.4. The molecule has 1 aliphatic rings. The van der Waals surface area contributed by atoms with Crippen molar-refractivity contribution < 1.29 is 4.79 Å². The van der Waals surface area contributed by atoms with Gasteiger partial charge in [-0.3, -0.25) is 4.79 Å². The van der Waals surface area contributed by atoms with Crippen LogP contribution in [0.15, 0.2) is 36.5 Å². The van der Waals surface area contributed by atoms with Crippen molar-refractivity contribution in [3.63, 3.8) is 0 Å². The van der Waals surface area contributed by atoms with Crippen LogP contribution >= 0.6 is 11.3 Å². The number of rotatable bonds is 6. The van der Waals surface area contributed by atoms with Gasteiger partial charge < -0.3 is 15.1 Å². The molecule has 0 bridgehead atoms. The number of aromatic nitrogens is 3. The molecule has 0 spiro atoms. The molecular formula is C23H28N6OS. The van der Waals surface area contributed by atoms with Gasteiger partial charge in [0.05, 0.1) is 21.3 Å². The molecule has 7 nitrogen and oxygen atoms in total. The van der Waals surface area contributed by atoms with Gasteiger partial charge in [0, 0.05) is 37.4 Å². The van der Waals surface area contributed by atoms with E-state index in [0.717, 1.165) is 46.3 Å². The Morgan fingerprint density at radius 2 is 2.10 bits per heavy atom. The van der Waals surface area contributed by atoms with E-state index in [9.17, 15) is 4.79 Å². The van der Waals surface area contributed by atoms with Crippen molar-refractivity contribution >= 4 is 23.2 Å². The predicted octanol–water partition coefficient (Wildman–Crippen LogP) is 3.29. The molecular weight excluding hydrogens is 408 g/mol. The van der Waals surface area contributed by atoms with Crippen LogP contribution in [0.5, 0.6) is 0 Å². The van der Waals surface area contributed by atoms with Crippen LogP contribution < -0.4 is 10.2 Å². The summed E-state index contributed by atoms with van der Waals surface area (Å²) in [6.45, 7) is 6.34. The lowest BCUT2D eigenvalue weighted by molar-refractivity contribution is 0.0940. The van der Waals surface area contributed by atoms with E-state index in [0.29, 0.717) is 18.1 Å². The monoisotopic (exact) mass is 436 g/mol. The first kappa shape index (κ1) is 21.4. The van der Waals surface area contributed by atoms with E-state index in [1.165, 1.54) is 0 Å². The van der Waals surface area contributed by atoms with Crippen LogP contribution in [0, 0.1) is 13.8 Å². The maximum absolute atomic E-state index is 12.8. The molecule has 0 radical (unpaired) electrons. The van der Waals surface area contributed by atoms with Gasteiger partial charge in [0.15, 0.2) is 0 Å². The molecule has 0 aliphatic carbocycles. The van der Waals surface area contributed by atoms with Crippen LogP contribution in [-0.2, 0) is 6.54 Å². The van der Waals surface area contributed by atoms with Crippen LogP contribution in [0.2, 0.25) is 0 Å². The second-order valence-electron chi connectivity index (χ2n) is 8.23. The number of nitrogens with one attached hydrogen (secondary N) is 1. The fourth-order valence-corrected chi connectivity index (χ4v) is 4.79. The number of hydrogen-bond donors (Lipinski definition) is 1. The van der Waals surface area contributed by atoms with Crippen molar-refractivity contribution in [2.75, 3.05) is 32.1 Å². The summed E-state index contributed by atoms with van der Waals surface area (Å²) in [5, 5.41) is 4.21. The normalized spacial score (nSPS) is 16.2. The topological polar surface area (TPSA) is 74.2 Å². The Kier molecular flexibility index (Phi) is 6.29. The first-order chi connectivity index (χ1) is 14.9. The van der Waals surface area contributed by atoms with E-state index in [1.54, 1.807) is 17.5 Å². The van der Waals surface area contributed by atoms with E-state index >= 15 is 0 Å². The van der Waals surface area contributed by atoms with Crippen LogP contribution in [0.3, 0.4) is 0 Å². The molecule has 4 rings (SSSR count). The molecule has 1 amide bonds. The Morgan fingerprint density at radius 3 is 2.84 bits per heavy atom. The molecule has 0 saturated carbocycles. The zero-order chi connectivity index (χ0) is 22.0. The van der Waals surface area contributed by atoms with Crippen LogP contribution in [0.25, 0.3) is 10.6 Å². The second kappa shape index (κ2) is 9.11. The van der Waals surface area contributed by atoms with Crippen molar-refractivity contribution in [2.45, 2.75) is 32.9 Å². The number of amides is 1. The average molecular weight is 437 g/mol. The molecule has 1 unspecified atom stereocenters. The largest absolute Gasteiger partial charge is 0.347 e. The van der Waals surface area contributed by atoms with E-state index in [2.05, 4.69) is 25.1 Å². The molecule has 8 heteroatoms. The SMILES string of the molecule is Cc1nc(C)c(-c2ccnc(N3CCC(NC(=O)c4cccc(CN(C)C)c4)C3)n2)s1. The van der Waals surface area contributed by atoms with Crippen molar-refractivity contribution in [3.05, 3.63) is 58.4 Å². The van der Waals surface area contributed by atoms with E-state index < -0.39 is 0 Å². The summed E-state index contributed by atoms with van der Waals surface area (Å²) in [5.74, 6) is 0.672. The van der Waals surface area contributed by atoms with E-state index in [4.69, 9.17) is 4.98 Å². The van der Waals surface area contributed by atoms with Crippen molar-refractivity contribution in [1.82, 2.24) is 25.2 Å². The first-order valence-corrected chi connectivity index (χ1v) is 11.3. The standard InChI is InChI=1S/C23H28N6OS/c1-15-21(31-16(2)25-15)20-8-10-24-23(27-20)29-11-9-19(14-29)26-22(30)18-7-5-6-17(12-18)13-28(3)4/h5-8,10,12,19H,9,11,13-14H2,1-4H3,(H,26,30). The molecule has 1 atom stereocenters. The summed E-state index contributed by atoms with van der Waals surface area (Å²) in [4.78, 5) is 31.9. The highest BCUT2D eigenvalue weighted by atomic mass is 32.1. The number of nitrogens with zero attached hydrogens (tertiary/aromatic N) is 5. The molecule has 1 saturated heterocycles. The lowest BCUT2D eigenvalue weighted by Gasteiger charge is -2.17. The summed E-state index contributed by atoms with van der Waals surface area (Å²) >= 11 is 1.65. The molecule has 3 heterocycles. The van der Waals surface area contributed by atoms with Gasteiger partial charge in [0.2, 0.25) is 5.95 Å². The van der Waals surface area contributed by atoms with Crippen molar-refractivity contribution in [2.24, 2.45) is 0 Å². The maximum Gasteiger partial charge on any atom is 0.251 e. The fraction of sp³-hybridized carbons (Fsp3) is 0.391. The summed E-state index contributed by atoms with van der Waals surface area (Å²) in [6, 6.07) is 9.83. The lowest BCUT2D eigenvalue weighted by atomic mass is 10.1. The number of carbonyl (C=O) groups is 1. The second-order valence-corrected chi connectivity index (χ2v) is 9.44. The van der Waals surface area contributed by atoms with Gasteiger partial charge >= 0.3 is 0 Å². The average Bonchev–Trinajstić information content (AvgIpc) is 3.33. The number of hydrogen-bond acceptors (Lipinski definition) is 7. The van der Waals surface area contributed by atoms with Crippen molar-refractivity contribution in [3.8, 4) is 10.6 Å². The highest BCUT2D eigenvalue weighted by Gasteiger charge is 2.26. The molecule has 31 heavy (non-hydrogen) atoms. The minimum absolute atomic E-state index is 0.0297. The number of benzene rings is 1. The minimum Gasteiger partial charge on any atom is -0.347 e. The van der Waals surface area contributed by atoms with E-state index in [1.807, 2.05) is 58.3 Å². The molecule has 1 aromatic carbocycles. The quantitative estimate of drug-likeness (QED) is 0.639. The van der Waals surface area contributed by atoms with Gasteiger partial charge in [0.25, 0.3) is 5.91 Å². The molecule has 1 fully saturated rings. The molecule has 3 aromatic rings. The Bertz CT molecular complexity index is 1080. The highest BCUT2D eigenvalue weighted by molar-refractivity contribution is 7.15. The van der Waals surface area contributed by atoms with E-state index in [-0.39, 0.29) is 11.9 Å². The van der Waals surface area contributed by atoms with Gasteiger partial charge in [-0.1, -0.05) is 12.1 Å². The Morgan fingerprint density at radius 1 is 1.26 bits per heavy atom. The third kappa shape index (κ3) is 5.08. The summed E-state index contributed by atoms with van der Waals surface area (Å²) in [6.07, 6.45) is 2.67. The number of thiazole rings is 1. The Labute approximate surface area is 187 Å². The minimum atomic E-state index is -0.0297.